The summed E-state index contributed by atoms with van der Waals surface area (Å²) < 4.78 is 14.4. The van der Waals surface area contributed by atoms with Crippen LogP contribution in [0, 0.1) is 12.7 Å². The van der Waals surface area contributed by atoms with E-state index in [2.05, 4.69) is 44.0 Å². The maximum atomic E-state index is 13.4. The average molecular weight is 372 g/mol. The van der Waals surface area contributed by atoms with Crippen LogP contribution in [0.4, 0.5) is 4.39 Å². The Labute approximate surface area is 123 Å². The Kier molecular flexibility index (Phi) is 4.57. The summed E-state index contributed by atoms with van der Waals surface area (Å²) >= 11 is 7.05. The maximum Gasteiger partial charge on any atom is 0.123 e. The van der Waals surface area contributed by atoms with Gasteiger partial charge in [0.25, 0.3) is 0 Å². The third-order valence-electron chi connectivity index (χ3n) is 2.75. The molecule has 0 spiro atoms. The van der Waals surface area contributed by atoms with E-state index in [1.165, 1.54) is 5.56 Å². The number of aryl methyl sites for hydroxylation is 1. The van der Waals surface area contributed by atoms with E-state index in [4.69, 9.17) is 0 Å². The zero-order valence-corrected chi connectivity index (χ0v) is 13.1. The van der Waals surface area contributed by atoms with E-state index in [9.17, 15) is 4.39 Å². The van der Waals surface area contributed by atoms with Crippen LogP contribution in [0.2, 0.25) is 0 Å². The van der Waals surface area contributed by atoms with Gasteiger partial charge < -0.3 is 0 Å². The molecule has 0 radical (unpaired) electrons. The molecule has 0 fully saturated rings. The second-order valence-corrected chi connectivity index (χ2v) is 6.38. The molecule has 0 aliphatic rings. The lowest BCUT2D eigenvalue weighted by atomic mass is 10.0. The van der Waals surface area contributed by atoms with Gasteiger partial charge in [-0.25, -0.2) is 4.39 Å². The molecular weight excluding hydrogens is 359 g/mol. The van der Waals surface area contributed by atoms with Crippen LogP contribution in [0.15, 0.2) is 46.9 Å². The Morgan fingerprint density at radius 3 is 2.39 bits per heavy atom. The molecule has 0 saturated carbocycles. The Balaban J connectivity index is 2.16. The molecule has 0 aromatic heterocycles. The van der Waals surface area contributed by atoms with Gasteiger partial charge in [-0.2, -0.15) is 0 Å². The van der Waals surface area contributed by atoms with Crippen molar-refractivity contribution < 1.29 is 4.39 Å². The highest BCUT2D eigenvalue weighted by Gasteiger charge is 2.10. The minimum absolute atomic E-state index is 0.132. The predicted octanol–water partition coefficient (Wildman–Crippen LogP) is 5.58. The van der Waals surface area contributed by atoms with Gasteiger partial charge in [-0.05, 0) is 54.3 Å². The molecular formula is C15H13Br2F. The number of alkyl halides is 1. The molecule has 94 valence electrons. The third kappa shape index (κ3) is 3.66. The number of halogens is 3. The highest BCUT2D eigenvalue weighted by molar-refractivity contribution is 9.10. The van der Waals surface area contributed by atoms with Gasteiger partial charge in [0.15, 0.2) is 0 Å². The maximum absolute atomic E-state index is 13.4. The van der Waals surface area contributed by atoms with Gasteiger partial charge in [0.2, 0.25) is 0 Å². The van der Waals surface area contributed by atoms with Crippen LogP contribution in [-0.2, 0) is 6.42 Å². The fourth-order valence-corrected chi connectivity index (χ4v) is 2.79. The molecule has 1 unspecified atom stereocenters. The van der Waals surface area contributed by atoms with Crippen molar-refractivity contribution in [3.8, 4) is 0 Å². The van der Waals surface area contributed by atoms with E-state index in [-0.39, 0.29) is 10.6 Å². The van der Waals surface area contributed by atoms with Gasteiger partial charge in [-0.1, -0.05) is 50.1 Å². The molecule has 18 heavy (non-hydrogen) atoms. The third-order valence-corrected chi connectivity index (χ3v) is 4.14. The van der Waals surface area contributed by atoms with Gasteiger partial charge >= 0.3 is 0 Å². The van der Waals surface area contributed by atoms with Crippen LogP contribution in [0.3, 0.4) is 0 Å². The van der Waals surface area contributed by atoms with E-state index in [1.54, 1.807) is 12.1 Å². The number of hydrogen-bond donors (Lipinski definition) is 0. The van der Waals surface area contributed by atoms with Gasteiger partial charge in [0, 0.05) is 9.30 Å². The quantitative estimate of drug-likeness (QED) is 0.618. The molecule has 2 aromatic rings. The van der Waals surface area contributed by atoms with E-state index in [1.807, 2.05) is 25.1 Å². The SMILES string of the molecule is Cc1cc(F)cc(C(Br)Cc2ccc(Br)cc2)c1. The minimum Gasteiger partial charge on any atom is -0.207 e. The summed E-state index contributed by atoms with van der Waals surface area (Å²) in [5.74, 6) is -0.176. The van der Waals surface area contributed by atoms with Gasteiger partial charge in [0.05, 0.1) is 0 Å². The van der Waals surface area contributed by atoms with Crippen molar-refractivity contribution in [1.82, 2.24) is 0 Å². The molecule has 0 heterocycles. The second-order valence-electron chi connectivity index (χ2n) is 4.36. The Hall–Kier alpha value is -0.670. The number of rotatable bonds is 3. The Morgan fingerprint density at radius 2 is 1.78 bits per heavy atom. The van der Waals surface area contributed by atoms with Crippen LogP contribution in [0.1, 0.15) is 21.5 Å². The summed E-state index contributed by atoms with van der Waals surface area (Å²) in [6.07, 6.45) is 0.843. The molecule has 2 aromatic carbocycles. The second kappa shape index (κ2) is 5.98. The molecule has 0 amide bonds. The molecule has 0 aliphatic heterocycles. The molecule has 3 heteroatoms. The van der Waals surface area contributed by atoms with Crippen LogP contribution in [0.5, 0.6) is 0 Å². The van der Waals surface area contributed by atoms with Crippen LogP contribution >= 0.6 is 31.9 Å². The number of hydrogen-bond acceptors (Lipinski definition) is 0. The highest BCUT2D eigenvalue weighted by atomic mass is 79.9. The summed E-state index contributed by atoms with van der Waals surface area (Å²) in [6, 6.07) is 13.3. The first kappa shape index (κ1) is 13.8. The van der Waals surface area contributed by atoms with E-state index < -0.39 is 0 Å². The normalized spacial score (nSPS) is 12.4. The fraction of sp³-hybridized carbons (Fsp3) is 0.200. The first-order valence-corrected chi connectivity index (χ1v) is 7.41. The average Bonchev–Trinajstić information content (AvgIpc) is 2.31. The smallest absolute Gasteiger partial charge is 0.123 e. The van der Waals surface area contributed by atoms with Crippen molar-refractivity contribution in [2.75, 3.05) is 0 Å². The molecule has 1 atom stereocenters. The summed E-state index contributed by atoms with van der Waals surface area (Å²) in [5, 5.41) is 0. The lowest BCUT2D eigenvalue weighted by molar-refractivity contribution is 0.623. The molecule has 0 saturated heterocycles. The molecule has 0 N–H and O–H groups in total. The van der Waals surface area contributed by atoms with Gasteiger partial charge in [-0.3, -0.25) is 0 Å². The van der Waals surface area contributed by atoms with Crippen molar-refractivity contribution in [3.05, 3.63) is 69.4 Å². The summed E-state index contributed by atoms with van der Waals surface area (Å²) in [6.45, 7) is 1.91. The first-order chi connectivity index (χ1) is 8.54. The first-order valence-electron chi connectivity index (χ1n) is 5.70. The van der Waals surface area contributed by atoms with Gasteiger partial charge in [-0.15, -0.1) is 0 Å². The minimum atomic E-state index is -0.176. The van der Waals surface area contributed by atoms with Crippen LogP contribution in [0.25, 0.3) is 0 Å². The molecule has 2 rings (SSSR count). The topological polar surface area (TPSA) is 0 Å². The van der Waals surface area contributed by atoms with Crippen LogP contribution < -0.4 is 0 Å². The molecule has 0 bridgehead atoms. The van der Waals surface area contributed by atoms with Gasteiger partial charge in [0.1, 0.15) is 5.82 Å². The number of benzene rings is 2. The molecule has 0 nitrogen and oxygen atoms in total. The van der Waals surface area contributed by atoms with Crippen molar-refractivity contribution in [2.45, 2.75) is 18.2 Å². The van der Waals surface area contributed by atoms with E-state index in [0.717, 1.165) is 22.0 Å². The fourth-order valence-electron chi connectivity index (χ4n) is 1.89. The lowest BCUT2D eigenvalue weighted by Crippen LogP contribution is -1.97. The predicted molar refractivity (Wildman–Crippen MR) is 80.7 cm³/mol. The van der Waals surface area contributed by atoms with Crippen molar-refractivity contribution >= 4 is 31.9 Å². The Morgan fingerprint density at radius 1 is 1.11 bits per heavy atom. The highest BCUT2D eigenvalue weighted by Crippen LogP contribution is 2.28. The molecule has 0 aliphatic carbocycles. The van der Waals surface area contributed by atoms with E-state index in [0.29, 0.717) is 0 Å². The standard InChI is InChI=1S/C15H13Br2F/c1-10-6-12(9-14(18)7-10)15(17)8-11-2-4-13(16)5-3-11/h2-7,9,15H,8H2,1H3. The summed E-state index contributed by atoms with van der Waals surface area (Å²) in [7, 11) is 0. The van der Waals surface area contributed by atoms with Crippen molar-refractivity contribution in [2.24, 2.45) is 0 Å². The summed E-state index contributed by atoms with van der Waals surface area (Å²) in [5.41, 5.74) is 3.16. The summed E-state index contributed by atoms with van der Waals surface area (Å²) in [4.78, 5) is 0.132. The monoisotopic (exact) mass is 370 g/mol. The van der Waals surface area contributed by atoms with Crippen molar-refractivity contribution in [3.63, 3.8) is 0 Å². The zero-order valence-electron chi connectivity index (χ0n) is 9.96. The zero-order chi connectivity index (χ0) is 13.1. The van der Waals surface area contributed by atoms with Crippen LogP contribution in [-0.4, -0.2) is 0 Å². The van der Waals surface area contributed by atoms with E-state index >= 15 is 0 Å². The van der Waals surface area contributed by atoms with Crippen molar-refractivity contribution in [1.29, 1.82) is 0 Å². The Bertz CT molecular complexity index is 514. The lowest BCUT2D eigenvalue weighted by Gasteiger charge is -2.11. The largest absolute Gasteiger partial charge is 0.207 e.